The van der Waals surface area contributed by atoms with Crippen molar-refractivity contribution < 1.29 is 20.4 Å². The van der Waals surface area contributed by atoms with Crippen molar-refractivity contribution in [1.29, 1.82) is 0 Å². The van der Waals surface area contributed by atoms with Crippen molar-refractivity contribution in [3.05, 3.63) is 35.5 Å². The van der Waals surface area contributed by atoms with Crippen molar-refractivity contribution in [3.63, 3.8) is 0 Å². The van der Waals surface area contributed by atoms with Crippen LogP contribution in [0.1, 0.15) is 76.7 Å². The molecule has 0 N–H and O–H groups in total. The van der Waals surface area contributed by atoms with E-state index in [0.717, 1.165) is 17.7 Å². The van der Waals surface area contributed by atoms with E-state index in [2.05, 4.69) is 36.8 Å². The first-order valence-corrected chi connectivity index (χ1v) is 12.2. The Morgan fingerprint density at radius 1 is 0.875 bits per heavy atom. The summed E-state index contributed by atoms with van der Waals surface area (Å²) in [5.74, 6) is 0. The largest absolute Gasteiger partial charge is 0.304 e. The van der Waals surface area contributed by atoms with Gasteiger partial charge in [0.2, 0.25) is 0 Å². The first kappa shape index (κ1) is 20.9. The standard InChI is InChI=1S/C21H32ClP.Pd/c1-2-18-13-15-21(16-14-18)23(17-22,19-9-5-3-6-10-19)20-11-7-4-8-12-20;/h13-17,19-20H,2-12H2,1H3;. The van der Waals surface area contributed by atoms with Crippen molar-refractivity contribution >= 4 is 24.2 Å². The monoisotopic (exact) mass is 456 g/mol. The molecule has 0 amide bonds. The summed E-state index contributed by atoms with van der Waals surface area (Å²) in [6.07, 6.45) is 15.3. The Balaban J connectivity index is 0.00000208. The van der Waals surface area contributed by atoms with Crippen LogP contribution in [0.25, 0.3) is 0 Å². The maximum atomic E-state index is 6.72. The molecule has 2 saturated carbocycles. The minimum atomic E-state index is -1.37. The fraction of sp³-hybridized carbons (Fsp3) is 0.667. The minimum absolute atomic E-state index is 0. The van der Waals surface area contributed by atoms with Crippen LogP contribution in [0, 0.1) is 5.62 Å². The summed E-state index contributed by atoms with van der Waals surface area (Å²) < 4.78 is 0. The van der Waals surface area contributed by atoms with Crippen LogP contribution >= 0.6 is 18.9 Å². The molecule has 0 heterocycles. The van der Waals surface area contributed by atoms with Crippen LogP contribution in [-0.2, 0) is 26.8 Å². The van der Waals surface area contributed by atoms with Gasteiger partial charge in [-0.2, -0.15) is 0 Å². The van der Waals surface area contributed by atoms with Crippen molar-refractivity contribution in [2.24, 2.45) is 0 Å². The van der Waals surface area contributed by atoms with Gasteiger partial charge in [0, 0.05) is 31.7 Å². The van der Waals surface area contributed by atoms with Crippen LogP contribution < -0.4 is 5.30 Å². The average Bonchev–Trinajstić information content (AvgIpc) is 2.65. The van der Waals surface area contributed by atoms with Crippen LogP contribution in [-0.4, -0.2) is 11.3 Å². The molecule has 0 bridgehead atoms. The third-order valence-electron chi connectivity index (χ3n) is 6.31. The van der Waals surface area contributed by atoms with E-state index in [1.54, 1.807) is 5.30 Å². The molecule has 3 heteroatoms. The van der Waals surface area contributed by atoms with Gasteiger partial charge < -0.3 is 11.6 Å². The number of rotatable bonds is 5. The van der Waals surface area contributed by atoms with Gasteiger partial charge in [-0.15, -0.1) is 0 Å². The first-order valence-electron chi connectivity index (χ1n) is 9.73. The second-order valence-electron chi connectivity index (χ2n) is 7.54. The predicted molar refractivity (Wildman–Crippen MR) is 106 cm³/mol. The van der Waals surface area contributed by atoms with Crippen LogP contribution in [0.5, 0.6) is 0 Å². The maximum absolute atomic E-state index is 6.72. The zero-order valence-electron chi connectivity index (χ0n) is 15.0. The molecule has 24 heavy (non-hydrogen) atoms. The summed E-state index contributed by atoms with van der Waals surface area (Å²) in [5.41, 5.74) is 5.36. The van der Waals surface area contributed by atoms with Gasteiger partial charge in [0.1, 0.15) is 0 Å². The second kappa shape index (κ2) is 10.1. The van der Waals surface area contributed by atoms with E-state index in [1.165, 1.54) is 69.8 Å². The van der Waals surface area contributed by atoms with Gasteiger partial charge in [-0.05, 0) is 75.5 Å². The predicted octanol–water partition coefficient (Wildman–Crippen LogP) is 6.91. The van der Waals surface area contributed by atoms with Crippen LogP contribution in [0.3, 0.4) is 0 Å². The number of halogens is 1. The number of hydrogen-bond donors (Lipinski definition) is 0. The maximum Gasteiger partial charge on any atom is 0.0664 e. The molecule has 0 unspecified atom stereocenters. The zero-order valence-corrected chi connectivity index (χ0v) is 18.2. The van der Waals surface area contributed by atoms with Gasteiger partial charge in [-0.3, -0.25) is 0 Å². The number of aryl methyl sites for hydroxylation is 1. The van der Waals surface area contributed by atoms with Crippen molar-refractivity contribution in [1.82, 2.24) is 0 Å². The molecule has 0 aromatic heterocycles. The first-order chi connectivity index (χ1) is 11.3. The molecule has 2 aliphatic carbocycles. The van der Waals surface area contributed by atoms with E-state index in [-0.39, 0.29) is 20.4 Å². The molecule has 2 fully saturated rings. The Kier molecular flexibility index (Phi) is 8.77. The van der Waals surface area contributed by atoms with Gasteiger partial charge in [0.25, 0.3) is 0 Å². The molecule has 1 aromatic carbocycles. The molecule has 0 aliphatic heterocycles. The molecule has 1 aromatic rings. The van der Waals surface area contributed by atoms with E-state index in [0.29, 0.717) is 0 Å². The van der Waals surface area contributed by atoms with E-state index in [1.807, 2.05) is 0 Å². The van der Waals surface area contributed by atoms with Crippen LogP contribution in [0.15, 0.2) is 24.3 Å². The van der Waals surface area contributed by atoms with Gasteiger partial charge in [0.05, 0.1) is 5.30 Å². The molecule has 2 aliphatic rings. The van der Waals surface area contributed by atoms with Gasteiger partial charge in [-0.1, -0.05) is 44.8 Å². The Hall–Kier alpha value is 0.602. The number of hydrogen-bond acceptors (Lipinski definition) is 0. The van der Waals surface area contributed by atoms with E-state index in [4.69, 9.17) is 11.6 Å². The van der Waals surface area contributed by atoms with Gasteiger partial charge in [0.15, 0.2) is 0 Å². The average molecular weight is 457 g/mol. The fourth-order valence-corrected chi connectivity index (χ4v) is 11.2. The van der Waals surface area contributed by atoms with E-state index >= 15 is 0 Å². The molecule has 0 spiro atoms. The SMILES string of the molecule is CCc1ccc([P+]([CH-]Cl)(C2CCCCC2)C2CCCCC2)cc1.[Pd]. The summed E-state index contributed by atoms with van der Waals surface area (Å²) in [4.78, 5) is 0. The fourth-order valence-electron chi connectivity index (χ4n) is 4.94. The molecule has 0 atom stereocenters. The quantitative estimate of drug-likeness (QED) is 0.256. The van der Waals surface area contributed by atoms with Crippen molar-refractivity contribution in [2.75, 3.05) is 0 Å². The minimum Gasteiger partial charge on any atom is -0.304 e. The van der Waals surface area contributed by atoms with Crippen molar-refractivity contribution in [2.45, 2.75) is 88.9 Å². The number of benzene rings is 1. The Morgan fingerprint density at radius 2 is 1.33 bits per heavy atom. The Labute approximate surface area is 168 Å². The van der Waals surface area contributed by atoms with E-state index in [9.17, 15) is 0 Å². The second-order valence-corrected chi connectivity index (χ2v) is 12.0. The normalized spacial score (nSPS) is 20.6. The summed E-state index contributed by atoms with van der Waals surface area (Å²) in [7, 11) is -1.37. The summed E-state index contributed by atoms with van der Waals surface area (Å²) in [6.45, 7) is 2.24. The molecule has 3 rings (SSSR count). The third-order valence-corrected chi connectivity index (χ3v) is 12.2. The summed E-state index contributed by atoms with van der Waals surface area (Å²) >= 11 is 6.72. The molecular weight excluding hydrogens is 425 g/mol. The van der Waals surface area contributed by atoms with Crippen LogP contribution in [0.2, 0.25) is 0 Å². The third kappa shape index (κ3) is 4.29. The van der Waals surface area contributed by atoms with Crippen molar-refractivity contribution in [3.8, 4) is 0 Å². The molecule has 138 valence electrons. The topological polar surface area (TPSA) is 0 Å². The van der Waals surface area contributed by atoms with E-state index < -0.39 is 7.26 Å². The Bertz CT molecular complexity index is 457. The summed E-state index contributed by atoms with van der Waals surface area (Å²) in [6, 6.07) is 9.59. The van der Waals surface area contributed by atoms with Gasteiger partial charge in [-0.25, -0.2) is 0 Å². The zero-order chi connectivity index (χ0) is 16.1. The molecular formula is C21H32ClPPd. The molecule has 0 saturated heterocycles. The molecule has 0 nitrogen and oxygen atoms in total. The molecule has 0 radical (unpaired) electrons. The van der Waals surface area contributed by atoms with Gasteiger partial charge >= 0.3 is 0 Å². The Morgan fingerprint density at radius 3 is 1.71 bits per heavy atom. The van der Waals surface area contributed by atoms with Crippen LogP contribution in [0.4, 0.5) is 0 Å². The smallest absolute Gasteiger partial charge is 0.0664 e. The summed E-state index contributed by atoms with van der Waals surface area (Å²) in [5, 5.41) is 1.60.